The first-order valence-electron chi connectivity index (χ1n) is 12.6. The Balaban J connectivity index is 1.08. The summed E-state index contributed by atoms with van der Waals surface area (Å²) in [5.74, 6) is 0.0337. The predicted octanol–water partition coefficient (Wildman–Crippen LogP) is 4.52. The number of alkyl halides is 3. The Hall–Kier alpha value is -3.95. The van der Waals surface area contributed by atoms with Gasteiger partial charge in [0.05, 0.1) is 36.0 Å². The topological polar surface area (TPSA) is 78.4 Å². The maximum absolute atomic E-state index is 13.0. The SMILES string of the molecule is O=C(Nc1ccc(C2CCN(C(=O)Cc3cccc(C(F)(F)F)c3)CC2)cc1)C1CN(c2ccnnc2)C1. The van der Waals surface area contributed by atoms with Crippen LogP contribution in [0.15, 0.2) is 67.0 Å². The van der Waals surface area contributed by atoms with Crippen LogP contribution in [0.25, 0.3) is 0 Å². The second-order valence-electron chi connectivity index (χ2n) is 9.84. The quantitative estimate of drug-likeness (QED) is 0.514. The van der Waals surface area contributed by atoms with E-state index >= 15 is 0 Å². The van der Waals surface area contributed by atoms with Crippen molar-refractivity contribution in [3.8, 4) is 0 Å². The molecule has 5 rings (SSSR count). The molecule has 10 heteroatoms. The van der Waals surface area contributed by atoms with Crippen molar-refractivity contribution in [3.05, 3.63) is 83.7 Å². The molecule has 3 heterocycles. The zero-order chi connectivity index (χ0) is 26.7. The number of hydrogen-bond acceptors (Lipinski definition) is 5. The number of amides is 2. The van der Waals surface area contributed by atoms with Crippen LogP contribution >= 0.6 is 0 Å². The zero-order valence-electron chi connectivity index (χ0n) is 20.7. The van der Waals surface area contributed by atoms with Gasteiger partial charge in [0.15, 0.2) is 0 Å². The number of rotatable bonds is 6. The van der Waals surface area contributed by atoms with Crippen molar-refractivity contribution >= 4 is 23.2 Å². The van der Waals surface area contributed by atoms with Crippen molar-refractivity contribution in [2.75, 3.05) is 36.4 Å². The lowest BCUT2D eigenvalue weighted by atomic mass is 9.89. The van der Waals surface area contributed by atoms with Gasteiger partial charge in [-0.1, -0.05) is 30.3 Å². The third kappa shape index (κ3) is 5.95. The molecule has 0 spiro atoms. The Kier molecular flexibility index (Phi) is 7.31. The number of hydrogen-bond donors (Lipinski definition) is 1. The van der Waals surface area contributed by atoms with Gasteiger partial charge < -0.3 is 15.1 Å². The van der Waals surface area contributed by atoms with E-state index in [0.717, 1.165) is 41.9 Å². The van der Waals surface area contributed by atoms with Crippen LogP contribution in [0.3, 0.4) is 0 Å². The van der Waals surface area contributed by atoms with Gasteiger partial charge in [0.1, 0.15) is 0 Å². The smallest absolute Gasteiger partial charge is 0.368 e. The molecule has 0 unspecified atom stereocenters. The van der Waals surface area contributed by atoms with Crippen molar-refractivity contribution in [1.29, 1.82) is 0 Å². The first kappa shape index (κ1) is 25.7. The van der Waals surface area contributed by atoms with Crippen molar-refractivity contribution in [1.82, 2.24) is 15.1 Å². The Morgan fingerprint density at radius 2 is 1.71 bits per heavy atom. The van der Waals surface area contributed by atoms with Gasteiger partial charge in [-0.3, -0.25) is 9.59 Å². The van der Waals surface area contributed by atoms with E-state index < -0.39 is 11.7 Å². The van der Waals surface area contributed by atoms with Crippen molar-refractivity contribution in [2.45, 2.75) is 31.4 Å². The van der Waals surface area contributed by atoms with Crippen LogP contribution in [-0.4, -0.2) is 53.1 Å². The molecule has 2 amide bonds. The summed E-state index contributed by atoms with van der Waals surface area (Å²) in [4.78, 5) is 29.1. The van der Waals surface area contributed by atoms with E-state index in [1.807, 2.05) is 30.3 Å². The summed E-state index contributed by atoms with van der Waals surface area (Å²) in [7, 11) is 0. The second kappa shape index (κ2) is 10.8. The van der Waals surface area contributed by atoms with Gasteiger partial charge in [0.25, 0.3) is 0 Å². The van der Waals surface area contributed by atoms with Gasteiger partial charge >= 0.3 is 6.18 Å². The van der Waals surface area contributed by atoms with E-state index in [1.165, 1.54) is 6.07 Å². The van der Waals surface area contributed by atoms with Crippen LogP contribution < -0.4 is 10.2 Å². The van der Waals surface area contributed by atoms with Crippen molar-refractivity contribution < 1.29 is 22.8 Å². The minimum Gasteiger partial charge on any atom is -0.368 e. The molecule has 2 fully saturated rings. The minimum atomic E-state index is -4.42. The number of benzene rings is 2. The molecule has 1 N–H and O–H groups in total. The molecule has 2 aliphatic heterocycles. The number of halogens is 3. The summed E-state index contributed by atoms with van der Waals surface area (Å²) in [6, 6.07) is 14.7. The molecular weight excluding hydrogens is 495 g/mol. The molecule has 2 aliphatic rings. The summed E-state index contributed by atoms with van der Waals surface area (Å²) in [5.41, 5.74) is 2.48. The fourth-order valence-electron chi connectivity index (χ4n) is 5.02. The number of aromatic nitrogens is 2. The molecule has 2 aromatic carbocycles. The number of carbonyl (C=O) groups is 2. The highest BCUT2D eigenvalue weighted by Crippen LogP contribution is 2.31. The highest BCUT2D eigenvalue weighted by molar-refractivity contribution is 5.94. The van der Waals surface area contributed by atoms with Gasteiger partial charge in [0.2, 0.25) is 11.8 Å². The van der Waals surface area contributed by atoms with Gasteiger partial charge in [-0.05, 0) is 54.2 Å². The molecule has 0 saturated carbocycles. The summed E-state index contributed by atoms with van der Waals surface area (Å²) in [6.45, 7) is 2.40. The summed E-state index contributed by atoms with van der Waals surface area (Å²) >= 11 is 0. The minimum absolute atomic E-state index is 0.0105. The number of likely N-dealkylation sites (tertiary alicyclic amines) is 1. The van der Waals surface area contributed by atoms with Crippen molar-refractivity contribution in [2.24, 2.45) is 5.92 Å². The zero-order valence-corrected chi connectivity index (χ0v) is 20.7. The van der Waals surface area contributed by atoms with E-state index in [-0.39, 0.29) is 30.1 Å². The second-order valence-corrected chi connectivity index (χ2v) is 9.84. The lowest BCUT2D eigenvalue weighted by molar-refractivity contribution is -0.138. The maximum Gasteiger partial charge on any atom is 0.416 e. The first-order chi connectivity index (χ1) is 18.3. The van der Waals surface area contributed by atoms with Gasteiger partial charge in [-0.2, -0.15) is 23.4 Å². The lowest BCUT2D eigenvalue weighted by Crippen LogP contribution is -2.52. The van der Waals surface area contributed by atoms with Crippen LogP contribution in [0, 0.1) is 5.92 Å². The van der Waals surface area contributed by atoms with Crippen LogP contribution in [0.5, 0.6) is 0 Å². The third-order valence-electron chi connectivity index (χ3n) is 7.29. The molecule has 3 aromatic rings. The van der Waals surface area contributed by atoms with E-state index in [0.29, 0.717) is 31.7 Å². The Labute approximate surface area is 218 Å². The molecule has 198 valence electrons. The highest BCUT2D eigenvalue weighted by Gasteiger charge is 2.33. The Morgan fingerprint density at radius 1 is 0.974 bits per heavy atom. The number of carbonyl (C=O) groups excluding carboxylic acids is 2. The monoisotopic (exact) mass is 523 g/mol. The number of anilines is 2. The molecule has 0 radical (unpaired) electrons. The van der Waals surface area contributed by atoms with Gasteiger partial charge in [-0.15, -0.1) is 0 Å². The predicted molar refractivity (Wildman–Crippen MR) is 137 cm³/mol. The van der Waals surface area contributed by atoms with Crippen LogP contribution in [-0.2, 0) is 22.2 Å². The molecular formula is C28H28F3N5O2. The van der Waals surface area contributed by atoms with E-state index in [4.69, 9.17) is 0 Å². The average molecular weight is 524 g/mol. The number of piperidine rings is 1. The standard InChI is InChI=1S/C28H28F3N5O2/c29-28(30,31)23-3-1-2-19(14-23)15-26(37)35-12-9-21(10-13-35)20-4-6-24(7-5-20)34-27(38)22-17-36(18-22)25-8-11-32-33-16-25/h1-8,11,14,16,21-22H,9-10,12-13,15,17-18H2,(H,34,38). The maximum atomic E-state index is 13.0. The lowest BCUT2D eigenvalue weighted by Gasteiger charge is -2.39. The summed E-state index contributed by atoms with van der Waals surface area (Å²) in [5, 5.41) is 10.6. The van der Waals surface area contributed by atoms with E-state index in [2.05, 4.69) is 20.4 Å². The highest BCUT2D eigenvalue weighted by atomic mass is 19.4. The first-order valence-corrected chi connectivity index (χ1v) is 12.6. The van der Waals surface area contributed by atoms with Gasteiger partial charge in [0, 0.05) is 31.9 Å². The van der Waals surface area contributed by atoms with E-state index in [1.54, 1.807) is 23.4 Å². The third-order valence-corrected chi connectivity index (χ3v) is 7.29. The largest absolute Gasteiger partial charge is 0.416 e. The van der Waals surface area contributed by atoms with Gasteiger partial charge in [-0.25, -0.2) is 0 Å². The molecule has 1 aromatic heterocycles. The average Bonchev–Trinajstić information content (AvgIpc) is 2.89. The molecule has 0 atom stereocenters. The summed E-state index contributed by atoms with van der Waals surface area (Å²) in [6.07, 6.45) is 0.410. The van der Waals surface area contributed by atoms with Crippen LogP contribution in [0.1, 0.15) is 35.4 Å². The summed E-state index contributed by atoms with van der Waals surface area (Å²) < 4.78 is 38.9. The fraction of sp³-hybridized carbons (Fsp3) is 0.357. The fourth-order valence-corrected chi connectivity index (χ4v) is 5.02. The van der Waals surface area contributed by atoms with E-state index in [9.17, 15) is 22.8 Å². The van der Waals surface area contributed by atoms with Crippen molar-refractivity contribution in [3.63, 3.8) is 0 Å². The molecule has 38 heavy (non-hydrogen) atoms. The molecule has 7 nitrogen and oxygen atoms in total. The van der Waals surface area contributed by atoms with Crippen LogP contribution in [0.2, 0.25) is 0 Å². The normalized spacial score (nSPS) is 16.7. The molecule has 0 bridgehead atoms. The van der Waals surface area contributed by atoms with Crippen LogP contribution in [0.4, 0.5) is 24.5 Å². The Morgan fingerprint density at radius 3 is 2.37 bits per heavy atom. The molecule has 0 aliphatic carbocycles. The Bertz CT molecular complexity index is 1270. The number of nitrogens with zero attached hydrogens (tertiary/aromatic N) is 4. The number of nitrogens with one attached hydrogen (secondary N) is 1. The molecule has 2 saturated heterocycles.